The number of nitrogens with one attached hydrogen (secondary N) is 1. The number of rotatable bonds is 6. The van der Waals surface area contributed by atoms with Crippen molar-refractivity contribution in [3.63, 3.8) is 0 Å². The molecule has 0 bridgehead atoms. The van der Waals surface area contributed by atoms with Crippen molar-refractivity contribution in [3.05, 3.63) is 53.0 Å². The van der Waals surface area contributed by atoms with Crippen LogP contribution in [-0.2, 0) is 16.1 Å². The number of carbonyl (C=O) groups is 2. The summed E-state index contributed by atoms with van der Waals surface area (Å²) < 4.78 is 12.0. The first kappa shape index (κ1) is 17.9. The second kappa shape index (κ2) is 7.97. The van der Waals surface area contributed by atoms with Gasteiger partial charge in [-0.1, -0.05) is 12.1 Å². The fourth-order valence-electron chi connectivity index (χ4n) is 2.43. The summed E-state index contributed by atoms with van der Waals surface area (Å²) >= 11 is 1.54. The van der Waals surface area contributed by atoms with E-state index < -0.39 is 5.97 Å². The number of nitrogens with zero attached hydrogens (tertiary/aromatic N) is 1. The third kappa shape index (κ3) is 4.18. The molecule has 0 aliphatic rings. The lowest BCUT2D eigenvalue weighted by Crippen LogP contribution is -2.11. The molecule has 0 aliphatic carbocycles. The summed E-state index contributed by atoms with van der Waals surface area (Å²) in [4.78, 5) is 28.0. The molecule has 1 heterocycles. The number of amides is 1. The molecule has 1 amide bonds. The van der Waals surface area contributed by atoms with Crippen molar-refractivity contribution in [2.45, 2.75) is 20.5 Å². The summed E-state index contributed by atoms with van der Waals surface area (Å²) in [7, 11) is 0. The molecule has 3 aromatic rings. The molecule has 0 spiro atoms. The van der Waals surface area contributed by atoms with Gasteiger partial charge in [-0.15, -0.1) is 11.3 Å². The smallest absolute Gasteiger partial charge is 0.341 e. The molecular formula is C19H18N2O4S. The van der Waals surface area contributed by atoms with Gasteiger partial charge in [-0.25, -0.2) is 9.78 Å². The van der Waals surface area contributed by atoms with Crippen LogP contribution in [0, 0.1) is 0 Å². The Kier molecular flexibility index (Phi) is 5.48. The van der Waals surface area contributed by atoms with Gasteiger partial charge in [0, 0.05) is 12.6 Å². The Morgan fingerprint density at radius 1 is 1.19 bits per heavy atom. The summed E-state index contributed by atoms with van der Waals surface area (Å²) in [6.07, 6.45) is 0. The highest BCUT2D eigenvalue weighted by atomic mass is 32.1. The maximum absolute atomic E-state index is 12.2. The van der Waals surface area contributed by atoms with Crippen LogP contribution in [-0.4, -0.2) is 23.5 Å². The molecule has 0 aliphatic heterocycles. The predicted molar refractivity (Wildman–Crippen MR) is 101 cm³/mol. The lowest BCUT2D eigenvalue weighted by Gasteiger charge is -2.12. The number of fused-ring (bicyclic) bond motifs is 1. The normalized spacial score (nSPS) is 10.5. The van der Waals surface area contributed by atoms with Gasteiger partial charge in [0.1, 0.15) is 22.9 Å². The van der Waals surface area contributed by atoms with Crippen molar-refractivity contribution in [2.75, 3.05) is 11.9 Å². The highest BCUT2D eigenvalue weighted by molar-refractivity contribution is 7.18. The molecular weight excluding hydrogens is 352 g/mol. The van der Waals surface area contributed by atoms with Crippen molar-refractivity contribution in [3.8, 4) is 5.75 Å². The minimum absolute atomic E-state index is 0.219. The third-order valence-corrected chi connectivity index (χ3v) is 4.49. The lowest BCUT2D eigenvalue weighted by molar-refractivity contribution is -0.114. The first-order valence-electron chi connectivity index (χ1n) is 8.13. The van der Waals surface area contributed by atoms with E-state index >= 15 is 0 Å². The minimum Gasteiger partial charge on any atom is -0.486 e. The van der Waals surface area contributed by atoms with Crippen LogP contribution in [0.1, 0.15) is 29.2 Å². The van der Waals surface area contributed by atoms with Gasteiger partial charge in [0.05, 0.1) is 16.8 Å². The number of esters is 1. The van der Waals surface area contributed by atoms with Crippen LogP contribution in [0.25, 0.3) is 10.2 Å². The number of hydrogen-bond donors (Lipinski definition) is 1. The van der Waals surface area contributed by atoms with Crippen LogP contribution in [0.5, 0.6) is 5.75 Å². The summed E-state index contributed by atoms with van der Waals surface area (Å²) in [5, 5.41) is 3.46. The number of thiazole rings is 1. The molecule has 0 radical (unpaired) electrons. The zero-order chi connectivity index (χ0) is 18.5. The van der Waals surface area contributed by atoms with E-state index in [1.165, 1.54) is 6.92 Å². The molecule has 134 valence electrons. The van der Waals surface area contributed by atoms with E-state index in [2.05, 4.69) is 10.3 Å². The summed E-state index contributed by atoms with van der Waals surface area (Å²) in [6, 6.07) is 12.7. The van der Waals surface area contributed by atoms with Gasteiger partial charge in [0.15, 0.2) is 0 Å². The van der Waals surface area contributed by atoms with Crippen LogP contribution >= 0.6 is 11.3 Å². The van der Waals surface area contributed by atoms with E-state index in [9.17, 15) is 9.59 Å². The van der Waals surface area contributed by atoms with Gasteiger partial charge in [0.2, 0.25) is 5.91 Å². The molecule has 1 aromatic heterocycles. The lowest BCUT2D eigenvalue weighted by atomic mass is 10.1. The molecule has 2 aromatic carbocycles. The topological polar surface area (TPSA) is 77.5 Å². The maximum atomic E-state index is 12.2. The SMILES string of the molecule is CCOC(=O)c1cc(NC(C)=O)ccc1OCc1nc2ccccc2s1. The highest BCUT2D eigenvalue weighted by Gasteiger charge is 2.16. The van der Waals surface area contributed by atoms with Gasteiger partial charge < -0.3 is 14.8 Å². The summed E-state index contributed by atoms with van der Waals surface area (Å²) in [5.41, 5.74) is 1.69. The highest BCUT2D eigenvalue weighted by Crippen LogP contribution is 2.27. The van der Waals surface area contributed by atoms with Crippen molar-refractivity contribution in [1.29, 1.82) is 0 Å². The average Bonchev–Trinajstić information content (AvgIpc) is 3.03. The number of hydrogen-bond acceptors (Lipinski definition) is 6. The van der Waals surface area contributed by atoms with E-state index in [-0.39, 0.29) is 24.7 Å². The van der Waals surface area contributed by atoms with Gasteiger partial charge in [-0.2, -0.15) is 0 Å². The van der Waals surface area contributed by atoms with Gasteiger partial charge in [-0.3, -0.25) is 4.79 Å². The fourth-order valence-corrected chi connectivity index (χ4v) is 3.31. The van der Waals surface area contributed by atoms with Crippen LogP contribution in [0.15, 0.2) is 42.5 Å². The van der Waals surface area contributed by atoms with E-state index in [0.717, 1.165) is 15.2 Å². The number of anilines is 1. The van der Waals surface area contributed by atoms with Crippen molar-refractivity contribution in [2.24, 2.45) is 0 Å². The Labute approximate surface area is 154 Å². The molecule has 7 heteroatoms. The standard InChI is InChI=1S/C19H18N2O4S/c1-3-24-19(23)14-10-13(20-12(2)22)8-9-16(14)25-11-18-21-15-6-4-5-7-17(15)26-18/h4-10H,3,11H2,1-2H3,(H,20,22). The fraction of sp³-hybridized carbons (Fsp3) is 0.211. The Balaban J connectivity index is 1.82. The molecule has 0 saturated carbocycles. The molecule has 26 heavy (non-hydrogen) atoms. The maximum Gasteiger partial charge on any atom is 0.341 e. The number of aromatic nitrogens is 1. The molecule has 6 nitrogen and oxygen atoms in total. The van der Waals surface area contributed by atoms with E-state index in [1.54, 1.807) is 36.5 Å². The van der Waals surface area contributed by atoms with Gasteiger partial charge >= 0.3 is 5.97 Å². The summed E-state index contributed by atoms with van der Waals surface area (Å²) in [5.74, 6) is -0.334. The van der Waals surface area contributed by atoms with E-state index in [1.807, 2.05) is 24.3 Å². The van der Waals surface area contributed by atoms with Gasteiger partial charge in [-0.05, 0) is 37.3 Å². The Morgan fingerprint density at radius 2 is 2.00 bits per heavy atom. The molecule has 1 N–H and O–H groups in total. The quantitative estimate of drug-likeness (QED) is 0.663. The summed E-state index contributed by atoms with van der Waals surface area (Å²) in [6.45, 7) is 3.63. The van der Waals surface area contributed by atoms with Gasteiger partial charge in [0.25, 0.3) is 0 Å². The zero-order valence-electron chi connectivity index (χ0n) is 14.4. The monoisotopic (exact) mass is 370 g/mol. The van der Waals surface area contributed by atoms with Crippen molar-refractivity contribution >= 4 is 39.1 Å². The van der Waals surface area contributed by atoms with Crippen LogP contribution in [0.3, 0.4) is 0 Å². The number of carbonyl (C=O) groups excluding carboxylic acids is 2. The largest absolute Gasteiger partial charge is 0.486 e. The number of benzene rings is 2. The second-order valence-corrected chi connectivity index (χ2v) is 6.59. The first-order valence-corrected chi connectivity index (χ1v) is 8.94. The van der Waals surface area contributed by atoms with E-state index in [4.69, 9.17) is 9.47 Å². The zero-order valence-corrected chi connectivity index (χ0v) is 15.3. The molecule has 0 atom stereocenters. The minimum atomic E-state index is -0.501. The first-order chi connectivity index (χ1) is 12.6. The average molecular weight is 370 g/mol. The van der Waals surface area contributed by atoms with Crippen LogP contribution in [0.4, 0.5) is 5.69 Å². The predicted octanol–water partition coefficient (Wildman–Crippen LogP) is 4.01. The van der Waals surface area contributed by atoms with Crippen LogP contribution in [0.2, 0.25) is 0 Å². The van der Waals surface area contributed by atoms with E-state index in [0.29, 0.717) is 11.4 Å². The second-order valence-electron chi connectivity index (χ2n) is 5.48. The third-order valence-electron chi connectivity index (χ3n) is 3.48. The van der Waals surface area contributed by atoms with Crippen LogP contribution < -0.4 is 10.1 Å². The van der Waals surface area contributed by atoms with Crippen molar-refractivity contribution in [1.82, 2.24) is 4.98 Å². The Morgan fingerprint density at radius 3 is 2.73 bits per heavy atom. The molecule has 0 fully saturated rings. The molecule has 0 saturated heterocycles. The Hall–Kier alpha value is -2.93. The Bertz CT molecular complexity index is 919. The van der Waals surface area contributed by atoms with Crippen molar-refractivity contribution < 1.29 is 19.1 Å². The number of ether oxygens (including phenoxy) is 2. The number of para-hydroxylation sites is 1. The molecule has 0 unspecified atom stereocenters. The molecule has 3 rings (SSSR count).